The van der Waals surface area contributed by atoms with E-state index in [-0.39, 0.29) is 18.9 Å². The minimum absolute atomic E-state index is 0.0581. The first-order valence-corrected chi connectivity index (χ1v) is 6.52. The van der Waals surface area contributed by atoms with E-state index in [2.05, 4.69) is 6.07 Å². The molecule has 0 saturated heterocycles. The Morgan fingerprint density at radius 3 is 2.43 bits per heavy atom. The van der Waals surface area contributed by atoms with E-state index in [1.54, 1.807) is 0 Å². The molecule has 5 heteroatoms. The number of hydrogen-bond donors (Lipinski definition) is 1. The van der Waals surface area contributed by atoms with Crippen molar-refractivity contribution in [1.82, 2.24) is 0 Å². The van der Waals surface area contributed by atoms with Gasteiger partial charge >= 0.3 is 0 Å². The van der Waals surface area contributed by atoms with E-state index < -0.39 is 20.5 Å². The van der Waals surface area contributed by atoms with Crippen LogP contribution in [0.15, 0.2) is 0 Å². The predicted octanol–water partition coefficient (Wildman–Crippen LogP) is 0.332. The average Bonchev–Trinajstić information content (AvgIpc) is 2.43. The molecule has 0 aromatic rings. The van der Waals surface area contributed by atoms with Gasteiger partial charge < -0.3 is 5.11 Å². The summed E-state index contributed by atoms with van der Waals surface area (Å²) in [5.41, 5.74) is -0.853. The molecule has 80 valence electrons. The molecule has 0 spiro atoms. The van der Waals surface area contributed by atoms with Crippen LogP contribution in [0.3, 0.4) is 0 Å². The van der Waals surface area contributed by atoms with Crippen molar-refractivity contribution in [2.75, 3.05) is 12.9 Å². The highest BCUT2D eigenvalue weighted by Crippen LogP contribution is 2.44. The highest BCUT2D eigenvalue weighted by Gasteiger charge is 2.48. The average molecular weight is 217 g/mol. The third-order valence-electron chi connectivity index (χ3n) is 3.26. The van der Waals surface area contributed by atoms with E-state index in [1.807, 2.05) is 6.92 Å². The molecule has 0 bridgehead atoms. The molecule has 0 amide bonds. The van der Waals surface area contributed by atoms with Crippen molar-refractivity contribution in [3.8, 4) is 6.07 Å². The van der Waals surface area contributed by atoms with Crippen LogP contribution in [-0.2, 0) is 9.84 Å². The maximum atomic E-state index is 11.3. The highest BCUT2D eigenvalue weighted by atomic mass is 32.2. The Balaban J connectivity index is 2.95. The van der Waals surface area contributed by atoms with Crippen molar-refractivity contribution in [3.63, 3.8) is 0 Å². The number of hydrogen-bond acceptors (Lipinski definition) is 4. The molecule has 1 N–H and O–H groups in total. The Morgan fingerprint density at radius 2 is 2.21 bits per heavy atom. The zero-order valence-electron chi connectivity index (χ0n) is 8.40. The fourth-order valence-corrected chi connectivity index (χ4v) is 3.29. The standard InChI is InChI=1S/C9H15NO3S/c1-7-3-8(14(2,12)13)4-9(7,5-10)6-11/h7-8,11H,3-4,6H2,1-2H3/t7-,8+,9-/m1/s1. The molecule has 1 rings (SSSR count). The van der Waals surface area contributed by atoms with Crippen LogP contribution in [0.4, 0.5) is 0 Å². The molecule has 0 aliphatic heterocycles. The monoisotopic (exact) mass is 217 g/mol. The normalized spacial score (nSPS) is 38.1. The first-order chi connectivity index (χ1) is 6.35. The van der Waals surface area contributed by atoms with Gasteiger partial charge in [0.2, 0.25) is 0 Å². The van der Waals surface area contributed by atoms with Crippen molar-refractivity contribution >= 4 is 9.84 Å². The van der Waals surface area contributed by atoms with Crippen LogP contribution in [0.2, 0.25) is 0 Å². The zero-order valence-corrected chi connectivity index (χ0v) is 9.21. The second-order valence-electron chi connectivity index (χ2n) is 4.22. The van der Waals surface area contributed by atoms with E-state index in [4.69, 9.17) is 10.4 Å². The third kappa shape index (κ3) is 1.77. The summed E-state index contributed by atoms with van der Waals surface area (Å²) in [7, 11) is -3.09. The number of nitrogens with zero attached hydrogens (tertiary/aromatic N) is 1. The second-order valence-corrected chi connectivity index (χ2v) is 6.54. The van der Waals surface area contributed by atoms with Crippen molar-refractivity contribution in [2.45, 2.75) is 25.0 Å². The summed E-state index contributed by atoms with van der Waals surface area (Å²) in [5, 5.41) is 17.7. The number of aliphatic hydroxyl groups excluding tert-OH is 1. The van der Waals surface area contributed by atoms with Crippen LogP contribution in [0, 0.1) is 22.7 Å². The summed E-state index contributed by atoms with van der Waals surface area (Å²) >= 11 is 0. The van der Waals surface area contributed by atoms with E-state index in [1.165, 1.54) is 6.26 Å². The molecular weight excluding hydrogens is 202 g/mol. The molecule has 1 fully saturated rings. The van der Waals surface area contributed by atoms with Crippen LogP contribution in [0.25, 0.3) is 0 Å². The molecule has 0 unspecified atom stereocenters. The van der Waals surface area contributed by atoms with Gasteiger partial charge in [-0.05, 0) is 18.8 Å². The summed E-state index contributed by atoms with van der Waals surface area (Å²) < 4.78 is 22.6. The van der Waals surface area contributed by atoms with Crippen molar-refractivity contribution in [1.29, 1.82) is 5.26 Å². The van der Waals surface area contributed by atoms with Crippen molar-refractivity contribution in [2.24, 2.45) is 11.3 Å². The smallest absolute Gasteiger partial charge is 0.150 e. The fourth-order valence-electron chi connectivity index (χ4n) is 2.05. The lowest BCUT2D eigenvalue weighted by Gasteiger charge is -2.22. The first-order valence-electron chi connectivity index (χ1n) is 4.56. The van der Waals surface area contributed by atoms with Gasteiger partial charge in [0, 0.05) is 6.26 Å². The summed E-state index contributed by atoms with van der Waals surface area (Å²) in [6.45, 7) is 1.57. The van der Waals surface area contributed by atoms with Gasteiger partial charge in [-0.1, -0.05) is 6.92 Å². The molecule has 4 nitrogen and oxygen atoms in total. The van der Waals surface area contributed by atoms with Gasteiger partial charge in [0.15, 0.2) is 0 Å². The second kappa shape index (κ2) is 3.52. The Labute approximate surface area is 84.5 Å². The van der Waals surface area contributed by atoms with Crippen LogP contribution < -0.4 is 0 Å². The van der Waals surface area contributed by atoms with Crippen LogP contribution >= 0.6 is 0 Å². The molecule has 0 aromatic carbocycles. The topological polar surface area (TPSA) is 78.2 Å². The summed E-state index contributed by atoms with van der Waals surface area (Å²) in [4.78, 5) is 0. The Bertz CT molecular complexity index is 357. The Kier molecular flexibility index (Phi) is 2.88. The number of sulfone groups is 1. The predicted molar refractivity (Wildman–Crippen MR) is 52.2 cm³/mol. The van der Waals surface area contributed by atoms with Gasteiger partial charge in [-0.2, -0.15) is 5.26 Å². The first kappa shape index (κ1) is 11.5. The van der Waals surface area contributed by atoms with E-state index in [0.29, 0.717) is 6.42 Å². The molecule has 1 saturated carbocycles. The minimum atomic E-state index is -3.09. The highest BCUT2D eigenvalue weighted by molar-refractivity contribution is 7.91. The maximum Gasteiger partial charge on any atom is 0.150 e. The van der Waals surface area contributed by atoms with E-state index >= 15 is 0 Å². The Hall–Kier alpha value is -0.600. The molecule has 0 radical (unpaired) electrons. The van der Waals surface area contributed by atoms with Crippen molar-refractivity contribution < 1.29 is 13.5 Å². The zero-order chi connectivity index (χ0) is 11.0. The Morgan fingerprint density at radius 1 is 1.64 bits per heavy atom. The van der Waals surface area contributed by atoms with E-state index in [9.17, 15) is 8.42 Å². The minimum Gasteiger partial charge on any atom is -0.395 e. The molecule has 1 aliphatic rings. The van der Waals surface area contributed by atoms with Crippen LogP contribution in [-0.4, -0.2) is 31.6 Å². The molecule has 3 atom stereocenters. The quantitative estimate of drug-likeness (QED) is 0.723. The van der Waals surface area contributed by atoms with Crippen LogP contribution in [0.1, 0.15) is 19.8 Å². The lowest BCUT2D eigenvalue weighted by Crippen LogP contribution is -2.27. The van der Waals surface area contributed by atoms with Gasteiger partial charge in [0.25, 0.3) is 0 Å². The van der Waals surface area contributed by atoms with Gasteiger partial charge in [-0.15, -0.1) is 0 Å². The lowest BCUT2D eigenvalue weighted by molar-refractivity contribution is 0.144. The van der Waals surface area contributed by atoms with Crippen LogP contribution in [0.5, 0.6) is 0 Å². The van der Waals surface area contributed by atoms with Gasteiger partial charge in [-0.3, -0.25) is 0 Å². The summed E-state index contributed by atoms with van der Waals surface area (Å²) in [6, 6.07) is 2.06. The number of rotatable bonds is 2. The fraction of sp³-hybridized carbons (Fsp3) is 0.889. The van der Waals surface area contributed by atoms with E-state index in [0.717, 1.165) is 0 Å². The summed E-state index contributed by atoms with van der Waals surface area (Å²) in [5.74, 6) is -0.0581. The number of aliphatic hydroxyl groups is 1. The maximum absolute atomic E-state index is 11.3. The molecule has 0 aromatic heterocycles. The van der Waals surface area contributed by atoms with Gasteiger partial charge in [0.05, 0.1) is 23.3 Å². The largest absolute Gasteiger partial charge is 0.395 e. The van der Waals surface area contributed by atoms with Gasteiger partial charge in [0.1, 0.15) is 9.84 Å². The molecule has 0 heterocycles. The summed E-state index contributed by atoms with van der Waals surface area (Å²) in [6.07, 6.45) is 1.93. The third-order valence-corrected chi connectivity index (χ3v) is 4.83. The lowest BCUT2D eigenvalue weighted by atomic mass is 9.81. The SMILES string of the molecule is C[C@@H]1C[C@H](S(C)(=O)=O)C[C@@]1(C#N)CO. The molecule has 14 heavy (non-hydrogen) atoms. The molecular formula is C9H15NO3S. The molecule has 1 aliphatic carbocycles. The van der Waals surface area contributed by atoms with Gasteiger partial charge in [-0.25, -0.2) is 8.42 Å². The van der Waals surface area contributed by atoms with Crippen molar-refractivity contribution in [3.05, 3.63) is 0 Å². The number of nitriles is 1.